The molecule has 0 aliphatic heterocycles. The number of benzene rings is 1. The summed E-state index contributed by atoms with van der Waals surface area (Å²) in [6, 6.07) is 7.36. The zero-order valence-electron chi connectivity index (χ0n) is 14.0. The van der Waals surface area contributed by atoms with Gasteiger partial charge in [-0.05, 0) is 30.7 Å². The van der Waals surface area contributed by atoms with Crippen molar-refractivity contribution in [1.82, 2.24) is 4.57 Å². The number of hydrogen-bond acceptors (Lipinski definition) is 4. The number of amides is 1. The lowest BCUT2D eigenvalue weighted by molar-refractivity contribution is -0.148. The smallest absolute Gasteiger partial charge is 0.417 e. The van der Waals surface area contributed by atoms with Gasteiger partial charge in [-0.15, -0.1) is 0 Å². The molecule has 1 amide bonds. The zero-order chi connectivity index (χ0) is 20.2. The maximum absolute atomic E-state index is 12.8. The summed E-state index contributed by atoms with van der Waals surface area (Å²) in [5.41, 5.74) is -0.759. The van der Waals surface area contributed by atoms with Crippen LogP contribution in [-0.2, 0) is 27.0 Å². The summed E-state index contributed by atoms with van der Waals surface area (Å²) < 4.78 is 43.5. The lowest BCUT2D eigenvalue weighted by atomic mass is 10.2. The molecule has 144 valence electrons. The first kappa shape index (κ1) is 20.5. The van der Waals surface area contributed by atoms with Gasteiger partial charge in [-0.25, -0.2) is 0 Å². The van der Waals surface area contributed by atoms with Crippen LogP contribution in [0.5, 0.6) is 0 Å². The van der Waals surface area contributed by atoms with Gasteiger partial charge in [0.25, 0.3) is 11.5 Å². The van der Waals surface area contributed by atoms with E-state index in [0.29, 0.717) is 22.5 Å². The van der Waals surface area contributed by atoms with E-state index in [1.807, 2.05) is 13.0 Å². The molecule has 0 bridgehead atoms. The molecule has 1 N–H and O–H groups in total. The van der Waals surface area contributed by atoms with Gasteiger partial charge in [0.1, 0.15) is 11.6 Å². The predicted octanol–water partition coefficient (Wildman–Crippen LogP) is 3.01. The SMILES string of the molecule is Cc1cccc(NC(=O)COC(=O)Cn2cc(C(F)(F)F)cc(Cl)c2=O)c1. The number of halogens is 4. The van der Waals surface area contributed by atoms with Crippen LogP contribution in [-0.4, -0.2) is 23.1 Å². The fourth-order valence-electron chi connectivity index (χ4n) is 2.12. The number of anilines is 1. The van der Waals surface area contributed by atoms with Crippen LogP contribution >= 0.6 is 11.6 Å². The summed E-state index contributed by atoms with van der Waals surface area (Å²) in [6.45, 7) is 0.349. The van der Waals surface area contributed by atoms with E-state index in [1.165, 1.54) is 0 Å². The number of carbonyl (C=O) groups excluding carboxylic acids is 2. The molecule has 0 saturated carbocycles. The van der Waals surface area contributed by atoms with Crippen molar-refractivity contribution in [2.24, 2.45) is 0 Å². The number of aromatic nitrogens is 1. The second-order valence-corrected chi connectivity index (χ2v) is 5.99. The number of ether oxygens (including phenoxy) is 1. The highest BCUT2D eigenvalue weighted by atomic mass is 35.5. The lowest BCUT2D eigenvalue weighted by Gasteiger charge is -2.12. The third kappa shape index (κ3) is 5.85. The summed E-state index contributed by atoms with van der Waals surface area (Å²) >= 11 is 5.49. The molecule has 0 spiro atoms. The Morgan fingerprint density at radius 3 is 2.59 bits per heavy atom. The third-order valence-electron chi connectivity index (χ3n) is 3.34. The minimum atomic E-state index is -4.74. The van der Waals surface area contributed by atoms with Gasteiger partial charge in [0.15, 0.2) is 6.61 Å². The van der Waals surface area contributed by atoms with Gasteiger partial charge in [0.05, 0.1) is 5.56 Å². The van der Waals surface area contributed by atoms with Crippen molar-refractivity contribution in [3.05, 3.63) is 63.0 Å². The maximum atomic E-state index is 12.8. The van der Waals surface area contributed by atoms with Crippen LogP contribution in [0.2, 0.25) is 5.02 Å². The van der Waals surface area contributed by atoms with Gasteiger partial charge < -0.3 is 14.6 Å². The van der Waals surface area contributed by atoms with E-state index in [-0.39, 0.29) is 0 Å². The standard InChI is InChI=1S/C17H14ClF3N2O4/c1-10-3-2-4-12(5-10)22-14(24)9-27-15(25)8-23-7-11(17(19,20)21)6-13(18)16(23)26/h2-7H,8-9H2,1H3,(H,22,24). The normalized spacial score (nSPS) is 11.1. The molecule has 0 aliphatic rings. The average Bonchev–Trinajstić information content (AvgIpc) is 2.56. The minimum Gasteiger partial charge on any atom is -0.454 e. The molecular formula is C17H14ClF3N2O4. The molecule has 10 heteroatoms. The van der Waals surface area contributed by atoms with Crippen LogP contribution in [0.3, 0.4) is 0 Å². The molecule has 0 radical (unpaired) electrons. The topological polar surface area (TPSA) is 77.4 Å². The van der Waals surface area contributed by atoms with E-state index >= 15 is 0 Å². The Bertz CT molecular complexity index is 925. The predicted molar refractivity (Wildman–Crippen MR) is 91.5 cm³/mol. The molecule has 1 aromatic carbocycles. The largest absolute Gasteiger partial charge is 0.454 e. The summed E-state index contributed by atoms with van der Waals surface area (Å²) in [5.74, 6) is -1.70. The van der Waals surface area contributed by atoms with Crippen molar-refractivity contribution in [2.75, 3.05) is 11.9 Å². The molecule has 0 aliphatic carbocycles. The summed E-state index contributed by atoms with van der Waals surface area (Å²) in [7, 11) is 0. The first-order chi connectivity index (χ1) is 12.6. The van der Waals surface area contributed by atoms with Crippen LogP contribution in [0.15, 0.2) is 41.3 Å². The first-order valence-electron chi connectivity index (χ1n) is 7.55. The number of aryl methyl sites for hydroxylation is 1. The highest BCUT2D eigenvalue weighted by Crippen LogP contribution is 2.29. The molecule has 0 unspecified atom stereocenters. The Morgan fingerprint density at radius 2 is 1.96 bits per heavy atom. The van der Waals surface area contributed by atoms with Gasteiger partial charge in [-0.1, -0.05) is 23.7 Å². The fourth-order valence-corrected chi connectivity index (χ4v) is 2.35. The Morgan fingerprint density at radius 1 is 1.26 bits per heavy atom. The number of nitrogens with one attached hydrogen (secondary N) is 1. The third-order valence-corrected chi connectivity index (χ3v) is 3.61. The molecule has 0 saturated heterocycles. The van der Waals surface area contributed by atoms with Crippen LogP contribution in [0.1, 0.15) is 11.1 Å². The number of rotatable bonds is 5. The first-order valence-corrected chi connectivity index (χ1v) is 7.93. The summed E-state index contributed by atoms with van der Waals surface area (Å²) in [4.78, 5) is 35.3. The number of nitrogens with zero attached hydrogens (tertiary/aromatic N) is 1. The van der Waals surface area contributed by atoms with Gasteiger partial charge >= 0.3 is 12.1 Å². The van der Waals surface area contributed by atoms with Crippen LogP contribution in [0.4, 0.5) is 18.9 Å². The minimum absolute atomic E-state index is 0.461. The van der Waals surface area contributed by atoms with E-state index < -0.39 is 47.3 Å². The molecular weight excluding hydrogens is 389 g/mol. The van der Waals surface area contributed by atoms with E-state index in [4.69, 9.17) is 16.3 Å². The summed E-state index contributed by atoms with van der Waals surface area (Å²) in [5, 5.41) is 1.81. The zero-order valence-corrected chi connectivity index (χ0v) is 14.7. The molecule has 0 atom stereocenters. The average molecular weight is 403 g/mol. The maximum Gasteiger partial charge on any atom is 0.417 e. The van der Waals surface area contributed by atoms with Crippen molar-refractivity contribution in [3.8, 4) is 0 Å². The second-order valence-electron chi connectivity index (χ2n) is 5.59. The van der Waals surface area contributed by atoms with E-state index in [2.05, 4.69) is 5.32 Å². The Labute approximate surface area is 156 Å². The lowest BCUT2D eigenvalue weighted by Crippen LogP contribution is -2.29. The number of alkyl halides is 3. The van der Waals surface area contributed by atoms with Crippen molar-refractivity contribution >= 4 is 29.2 Å². The fraction of sp³-hybridized carbons (Fsp3) is 0.235. The van der Waals surface area contributed by atoms with E-state index in [9.17, 15) is 27.6 Å². The number of hydrogen-bond donors (Lipinski definition) is 1. The highest BCUT2D eigenvalue weighted by Gasteiger charge is 2.32. The van der Waals surface area contributed by atoms with Crippen LogP contribution in [0, 0.1) is 6.92 Å². The monoisotopic (exact) mass is 402 g/mol. The molecule has 1 aromatic heterocycles. The van der Waals surface area contributed by atoms with E-state index in [1.54, 1.807) is 18.2 Å². The van der Waals surface area contributed by atoms with Gasteiger partial charge in [-0.3, -0.25) is 14.4 Å². The molecule has 1 heterocycles. The molecule has 6 nitrogen and oxygen atoms in total. The molecule has 0 fully saturated rings. The second kappa shape index (κ2) is 8.26. The van der Waals surface area contributed by atoms with Gasteiger partial charge in [0.2, 0.25) is 0 Å². The number of esters is 1. The van der Waals surface area contributed by atoms with Crippen LogP contribution < -0.4 is 10.9 Å². The number of carbonyl (C=O) groups is 2. The Balaban J connectivity index is 1.98. The Kier molecular flexibility index (Phi) is 6.27. The molecule has 2 rings (SSSR count). The van der Waals surface area contributed by atoms with E-state index in [0.717, 1.165) is 5.56 Å². The van der Waals surface area contributed by atoms with Crippen molar-refractivity contribution in [2.45, 2.75) is 19.6 Å². The Hall–Kier alpha value is -2.81. The molecule has 27 heavy (non-hydrogen) atoms. The number of pyridine rings is 1. The highest BCUT2D eigenvalue weighted by molar-refractivity contribution is 6.30. The van der Waals surface area contributed by atoms with Crippen LogP contribution in [0.25, 0.3) is 0 Å². The van der Waals surface area contributed by atoms with Crippen molar-refractivity contribution in [1.29, 1.82) is 0 Å². The quantitative estimate of drug-likeness (QED) is 0.780. The van der Waals surface area contributed by atoms with Gasteiger partial charge in [0, 0.05) is 11.9 Å². The molecule has 2 aromatic rings. The van der Waals surface area contributed by atoms with Crippen molar-refractivity contribution < 1.29 is 27.5 Å². The van der Waals surface area contributed by atoms with Crippen molar-refractivity contribution in [3.63, 3.8) is 0 Å². The van der Waals surface area contributed by atoms with Gasteiger partial charge in [-0.2, -0.15) is 13.2 Å². The summed E-state index contributed by atoms with van der Waals surface area (Å²) in [6.07, 6.45) is -4.28.